The van der Waals surface area contributed by atoms with Crippen molar-refractivity contribution in [2.45, 2.75) is 0 Å². The Balaban J connectivity index is 3.82. The number of carbonyl (C=O) groups excluding carboxylic acids is 4. The van der Waals surface area contributed by atoms with E-state index in [1.807, 2.05) is 0 Å². The van der Waals surface area contributed by atoms with E-state index in [1.165, 1.54) is 12.2 Å². The van der Waals surface area contributed by atoms with Gasteiger partial charge in [-0.3, -0.25) is 19.2 Å². The summed E-state index contributed by atoms with van der Waals surface area (Å²) in [4.78, 5) is 49.3. The van der Waals surface area contributed by atoms with E-state index in [2.05, 4.69) is 18.9 Å². The molecule has 0 aliphatic heterocycles. The lowest BCUT2D eigenvalue weighted by Crippen LogP contribution is -2.61. The quantitative estimate of drug-likeness (QED) is 0.398. The molecule has 0 fully saturated rings. The largest absolute Gasteiger partial charge is 0.468 e. The van der Waals surface area contributed by atoms with Crippen molar-refractivity contribution in [1.82, 2.24) is 0 Å². The minimum absolute atomic E-state index is 1.01. The zero-order valence-electron chi connectivity index (χ0n) is 12.6. The minimum Gasteiger partial charge on any atom is -0.468 e. The van der Waals surface area contributed by atoms with Gasteiger partial charge in [0.1, 0.15) is 0 Å². The summed E-state index contributed by atoms with van der Waals surface area (Å²) in [5.74, 6) is -4.63. The molecule has 8 heteroatoms. The number of allylic oxidation sites excluding steroid dienone is 2. The molecule has 8 nitrogen and oxygen atoms in total. The SMILES string of the molecule is COC(=O)C1(C(=O)OC)C=CC=CC1(C(=O)OC)C(=O)OC. The van der Waals surface area contributed by atoms with Gasteiger partial charge < -0.3 is 18.9 Å². The number of esters is 4. The van der Waals surface area contributed by atoms with Crippen molar-refractivity contribution in [3.05, 3.63) is 24.3 Å². The maximum absolute atomic E-state index is 12.3. The summed E-state index contributed by atoms with van der Waals surface area (Å²) in [7, 11) is 4.05. The van der Waals surface area contributed by atoms with Crippen molar-refractivity contribution >= 4 is 23.9 Å². The molecule has 0 saturated heterocycles. The van der Waals surface area contributed by atoms with Gasteiger partial charge in [-0.05, 0) is 0 Å². The maximum atomic E-state index is 12.3. The van der Waals surface area contributed by atoms with E-state index in [-0.39, 0.29) is 0 Å². The van der Waals surface area contributed by atoms with Gasteiger partial charge in [-0.1, -0.05) is 24.3 Å². The Morgan fingerprint density at radius 2 is 0.818 bits per heavy atom. The van der Waals surface area contributed by atoms with Crippen LogP contribution in [0.1, 0.15) is 0 Å². The Labute approximate surface area is 126 Å². The van der Waals surface area contributed by atoms with Crippen molar-refractivity contribution < 1.29 is 38.1 Å². The molecule has 0 radical (unpaired) electrons. The highest BCUT2D eigenvalue weighted by Crippen LogP contribution is 2.48. The molecule has 1 aliphatic carbocycles. The van der Waals surface area contributed by atoms with Crippen molar-refractivity contribution in [3.63, 3.8) is 0 Å². The van der Waals surface area contributed by atoms with Crippen molar-refractivity contribution in [3.8, 4) is 0 Å². The highest BCUT2D eigenvalue weighted by molar-refractivity contribution is 6.17. The van der Waals surface area contributed by atoms with Crippen LogP contribution in [0, 0.1) is 10.8 Å². The lowest BCUT2D eigenvalue weighted by atomic mass is 9.60. The van der Waals surface area contributed by atoms with Gasteiger partial charge in [0.05, 0.1) is 28.4 Å². The molecular formula is C14H16O8. The predicted molar refractivity (Wildman–Crippen MR) is 71.2 cm³/mol. The molecule has 22 heavy (non-hydrogen) atoms. The first-order valence-electron chi connectivity index (χ1n) is 6.09. The van der Waals surface area contributed by atoms with E-state index >= 15 is 0 Å². The highest BCUT2D eigenvalue weighted by atomic mass is 16.6. The second kappa shape index (κ2) is 6.42. The van der Waals surface area contributed by atoms with Gasteiger partial charge >= 0.3 is 23.9 Å². The summed E-state index contributed by atoms with van der Waals surface area (Å²) in [6.07, 6.45) is 4.74. The second-order valence-electron chi connectivity index (χ2n) is 4.30. The van der Waals surface area contributed by atoms with Crippen LogP contribution in [0.2, 0.25) is 0 Å². The molecule has 0 amide bonds. The first-order valence-corrected chi connectivity index (χ1v) is 6.09. The Kier molecular flexibility index (Phi) is 5.08. The van der Waals surface area contributed by atoms with Gasteiger partial charge in [0.25, 0.3) is 0 Å². The Bertz CT molecular complexity index is 475. The zero-order chi connectivity index (χ0) is 17.0. The molecule has 0 aromatic heterocycles. The zero-order valence-corrected chi connectivity index (χ0v) is 12.6. The summed E-state index contributed by atoms with van der Waals surface area (Å²) in [5, 5.41) is 0. The Hall–Kier alpha value is -2.64. The molecule has 0 N–H and O–H groups in total. The third-order valence-electron chi connectivity index (χ3n) is 3.46. The molecule has 120 valence electrons. The standard InChI is InChI=1S/C14H16O8/c1-19-9(15)13(10(16)20-2)7-5-6-8-14(13,11(17)21-3)12(18)22-4/h5-8H,1-4H3. The van der Waals surface area contributed by atoms with Gasteiger partial charge in [-0.25, -0.2) is 0 Å². The van der Waals surface area contributed by atoms with E-state index in [1.54, 1.807) is 0 Å². The second-order valence-corrected chi connectivity index (χ2v) is 4.30. The van der Waals surface area contributed by atoms with E-state index in [9.17, 15) is 19.2 Å². The molecule has 0 aromatic carbocycles. The van der Waals surface area contributed by atoms with Gasteiger partial charge in [0, 0.05) is 0 Å². The summed E-state index contributed by atoms with van der Waals surface area (Å²) in [6, 6.07) is 0. The van der Waals surface area contributed by atoms with Gasteiger partial charge in [-0.15, -0.1) is 0 Å². The molecule has 0 aromatic rings. The van der Waals surface area contributed by atoms with Crippen molar-refractivity contribution in [2.24, 2.45) is 10.8 Å². The van der Waals surface area contributed by atoms with E-state index in [0.717, 1.165) is 40.6 Å². The Morgan fingerprint density at radius 3 is 1.00 bits per heavy atom. The molecular weight excluding hydrogens is 296 g/mol. The van der Waals surface area contributed by atoms with Crippen LogP contribution in [0.4, 0.5) is 0 Å². The van der Waals surface area contributed by atoms with Crippen LogP contribution in [0.25, 0.3) is 0 Å². The van der Waals surface area contributed by atoms with Crippen LogP contribution in [0.3, 0.4) is 0 Å². The highest BCUT2D eigenvalue weighted by Gasteiger charge is 2.71. The molecule has 0 saturated carbocycles. The van der Waals surface area contributed by atoms with Gasteiger partial charge in [0.15, 0.2) is 0 Å². The molecule has 1 rings (SSSR count). The Morgan fingerprint density at radius 1 is 0.591 bits per heavy atom. The number of carbonyl (C=O) groups is 4. The summed E-state index contributed by atoms with van der Waals surface area (Å²) < 4.78 is 18.5. The summed E-state index contributed by atoms with van der Waals surface area (Å²) in [5.41, 5.74) is -4.77. The van der Waals surface area contributed by atoms with Gasteiger partial charge in [0.2, 0.25) is 10.8 Å². The van der Waals surface area contributed by atoms with Crippen LogP contribution >= 0.6 is 0 Å². The molecule has 0 unspecified atom stereocenters. The fourth-order valence-corrected chi connectivity index (χ4v) is 2.39. The average molecular weight is 312 g/mol. The lowest BCUT2D eigenvalue weighted by Gasteiger charge is -2.39. The normalized spacial score (nSPS) is 17.3. The lowest BCUT2D eigenvalue weighted by molar-refractivity contribution is -0.190. The van der Waals surface area contributed by atoms with Crippen molar-refractivity contribution in [1.29, 1.82) is 0 Å². The number of rotatable bonds is 4. The first-order chi connectivity index (χ1) is 10.4. The van der Waals surface area contributed by atoms with E-state index < -0.39 is 34.7 Å². The van der Waals surface area contributed by atoms with Crippen LogP contribution < -0.4 is 0 Å². The van der Waals surface area contributed by atoms with Crippen LogP contribution in [0.5, 0.6) is 0 Å². The third-order valence-corrected chi connectivity index (χ3v) is 3.46. The molecule has 0 bridgehead atoms. The third kappa shape index (κ3) is 2.07. The fraction of sp³-hybridized carbons (Fsp3) is 0.429. The number of ether oxygens (including phenoxy) is 4. The smallest absolute Gasteiger partial charge is 0.329 e. The predicted octanol–water partition coefficient (Wildman–Crippen LogP) is -0.223. The summed E-state index contributed by atoms with van der Waals surface area (Å²) in [6.45, 7) is 0. The molecule has 0 spiro atoms. The van der Waals surface area contributed by atoms with Crippen LogP contribution in [-0.4, -0.2) is 52.3 Å². The maximum Gasteiger partial charge on any atom is 0.329 e. The number of methoxy groups -OCH3 is 4. The fourth-order valence-electron chi connectivity index (χ4n) is 2.39. The van der Waals surface area contributed by atoms with Crippen LogP contribution in [0.15, 0.2) is 24.3 Å². The monoisotopic (exact) mass is 312 g/mol. The van der Waals surface area contributed by atoms with Crippen molar-refractivity contribution in [2.75, 3.05) is 28.4 Å². The first kappa shape index (κ1) is 17.4. The van der Waals surface area contributed by atoms with Crippen LogP contribution in [-0.2, 0) is 38.1 Å². The van der Waals surface area contributed by atoms with Gasteiger partial charge in [-0.2, -0.15) is 0 Å². The summed E-state index contributed by atoms with van der Waals surface area (Å²) >= 11 is 0. The average Bonchev–Trinajstić information content (AvgIpc) is 2.58. The van der Waals surface area contributed by atoms with E-state index in [0.29, 0.717) is 0 Å². The molecule has 0 atom stereocenters. The minimum atomic E-state index is -2.38. The molecule has 1 aliphatic rings. The van der Waals surface area contributed by atoms with E-state index in [4.69, 9.17) is 0 Å². The number of hydrogen-bond acceptors (Lipinski definition) is 8. The topological polar surface area (TPSA) is 105 Å². The number of hydrogen-bond donors (Lipinski definition) is 0. The molecule has 0 heterocycles.